The van der Waals surface area contributed by atoms with Crippen molar-refractivity contribution in [3.63, 3.8) is 0 Å². The van der Waals surface area contributed by atoms with Crippen molar-refractivity contribution < 1.29 is 13.9 Å². The molecule has 0 heterocycles. The second kappa shape index (κ2) is 2.74. The van der Waals surface area contributed by atoms with Crippen molar-refractivity contribution in [2.24, 2.45) is 5.41 Å². The summed E-state index contributed by atoms with van der Waals surface area (Å²) < 4.78 is 24.6. The van der Waals surface area contributed by atoms with Crippen LogP contribution in [0.15, 0.2) is 0 Å². The third kappa shape index (κ3) is 2.92. The van der Waals surface area contributed by atoms with E-state index in [9.17, 15) is 8.78 Å². The highest BCUT2D eigenvalue weighted by Gasteiger charge is 2.42. The van der Waals surface area contributed by atoms with Crippen molar-refractivity contribution in [2.75, 3.05) is 0 Å². The van der Waals surface area contributed by atoms with Crippen molar-refractivity contribution in [1.82, 2.24) is 0 Å². The van der Waals surface area contributed by atoms with Crippen molar-refractivity contribution in [3.05, 3.63) is 0 Å². The smallest absolute Gasteiger partial charge is 0.327 e. The van der Waals surface area contributed by atoms with Gasteiger partial charge in [-0.3, -0.25) is 0 Å². The Kier molecular flexibility index (Phi) is 2.82. The first-order valence-corrected chi connectivity index (χ1v) is 3.70. The SMILES string of the molecule is CC(C)(C)C(O)C(F)(F)Br. The third-order valence-corrected chi connectivity index (χ3v) is 1.56. The van der Waals surface area contributed by atoms with Crippen molar-refractivity contribution >= 4 is 15.9 Å². The molecule has 0 aromatic rings. The molecule has 0 rings (SSSR count). The zero-order valence-corrected chi connectivity index (χ0v) is 7.74. The molecule has 0 bridgehead atoms. The Bertz CT molecular complexity index is 99.9. The van der Waals surface area contributed by atoms with E-state index in [1.807, 2.05) is 0 Å². The fourth-order valence-corrected chi connectivity index (χ4v) is 1.18. The van der Waals surface area contributed by atoms with Gasteiger partial charge in [-0.25, -0.2) is 0 Å². The molecule has 1 unspecified atom stereocenters. The van der Waals surface area contributed by atoms with Crippen LogP contribution < -0.4 is 0 Å². The highest BCUT2D eigenvalue weighted by Crippen LogP contribution is 2.36. The van der Waals surface area contributed by atoms with E-state index in [1.165, 1.54) is 0 Å². The lowest BCUT2D eigenvalue weighted by Crippen LogP contribution is -2.38. The van der Waals surface area contributed by atoms with Gasteiger partial charge in [0, 0.05) is 0 Å². The average molecular weight is 217 g/mol. The van der Waals surface area contributed by atoms with Gasteiger partial charge < -0.3 is 5.11 Å². The molecule has 1 N–H and O–H groups in total. The van der Waals surface area contributed by atoms with Gasteiger partial charge in [-0.15, -0.1) is 0 Å². The number of hydrogen-bond donors (Lipinski definition) is 1. The molecule has 0 aromatic carbocycles. The second-order valence-corrected chi connectivity index (χ2v) is 4.37. The number of aliphatic hydroxyl groups is 1. The molecule has 62 valence electrons. The van der Waals surface area contributed by atoms with Gasteiger partial charge in [0.05, 0.1) is 0 Å². The molecule has 0 spiro atoms. The van der Waals surface area contributed by atoms with Gasteiger partial charge in [-0.2, -0.15) is 8.78 Å². The molecule has 0 aliphatic carbocycles. The van der Waals surface area contributed by atoms with Crippen LogP contribution in [0, 0.1) is 5.41 Å². The second-order valence-electron chi connectivity index (χ2n) is 3.31. The molecule has 0 aliphatic rings. The number of alkyl halides is 3. The van der Waals surface area contributed by atoms with Crippen molar-refractivity contribution in [1.29, 1.82) is 0 Å². The van der Waals surface area contributed by atoms with E-state index < -0.39 is 16.4 Å². The van der Waals surface area contributed by atoms with Crippen molar-refractivity contribution in [3.8, 4) is 0 Å². The fraction of sp³-hybridized carbons (Fsp3) is 1.00. The lowest BCUT2D eigenvalue weighted by molar-refractivity contribution is -0.0825. The molecule has 4 heteroatoms. The Morgan fingerprint density at radius 3 is 1.60 bits per heavy atom. The van der Waals surface area contributed by atoms with Crippen LogP contribution in [0.4, 0.5) is 8.78 Å². The van der Waals surface area contributed by atoms with Gasteiger partial charge in [0.15, 0.2) is 0 Å². The normalized spacial score (nSPS) is 17.1. The minimum absolute atomic E-state index is 0.799. The van der Waals surface area contributed by atoms with E-state index in [0.717, 1.165) is 0 Å². The van der Waals surface area contributed by atoms with Gasteiger partial charge >= 0.3 is 4.83 Å². The standard InChI is InChI=1S/C6H11BrF2O/c1-5(2,3)4(10)6(7,8)9/h4,10H,1-3H3. The van der Waals surface area contributed by atoms with Crippen LogP contribution >= 0.6 is 15.9 Å². The fourth-order valence-electron chi connectivity index (χ4n) is 0.491. The quantitative estimate of drug-likeness (QED) is 0.668. The lowest BCUT2D eigenvalue weighted by Gasteiger charge is -2.28. The maximum Gasteiger partial charge on any atom is 0.327 e. The number of hydrogen-bond acceptors (Lipinski definition) is 1. The number of aliphatic hydroxyl groups excluding tert-OH is 1. The minimum atomic E-state index is -3.19. The Labute approximate surface area is 67.6 Å². The van der Waals surface area contributed by atoms with Crippen molar-refractivity contribution in [2.45, 2.75) is 31.7 Å². The summed E-state index contributed by atoms with van der Waals surface area (Å²) in [5.74, 6) is 0. The van der Waals surface area contributed by atoms with Gasteiger partial charge in [0.1, 0.15) is 6.10 Å². The number of rotatable bonds is 1. The first-order valence-electron chi connectivity index (χ1n) is 2.90. The largest absolute Gasteiger partial charge is 0.385 e. The maximum atomic E-state index is 12.3. The molecule has 0 fully saturated rings. The number of halogens is 3. The van der Waals surface area contributed by atoms with E-state index in [-0.39, 0.29) is 0 Å². The Balaban J connectivity index is 4.23. The first kappa shape index (κ1) is 10.3. The summed E-state index contributed by atoms with van der Waals surface area (Å²) in [6, 6.07) is 0. The Morgan fingerprint density at radius 1 is 1.30 bits per heavy atom. The Morgan fingerprint density at radius 2 is 1.60 bits per heavy atom. The highest BCUT2D eigenvalue weighted by atomic mass is 79.9. The zero-order chi connectivity index (χ0) is 8.58. The predicted molar refractivity (Wildman–Crippen MR) is 39.3 cm³/mol. The van der Waals surface area contributed by atoms with Crippen LogP contribution in [-0.2, 0) is 0 Å². The summed E-state index contributed by atoms with van der Waals surface area (Å²) in [7, 11) is 0. The summed E-state index contributed by atoms with van der Waals surface area (Å²) in [4.78, 5) is -3.19. The van der Waals surface area contributed by atoms with Gasteiger partial charge in [-0.1, -0.05) is 20.8 Å². The third-order valence-electron chi connectivity index (χ3n) is 1.13. The molecule has 1 atom stereocenters. The molecule has 0 saturated carbocycles. The predicted octanol–water partition coefficient (Wildman–Crippen LogP) is 2.38. The summed E-state index contributed by atoms with van der Waals surface area (Å²) in [5.41, 5.74) is -0.799. The molecule has 10 heavy (non-hydrogen) atoms. The molecule has 0 aromatic heterocycles. The molecule has 0 saturated heterocycles. The van der Waals surface area contributed by atoms with E-state index in [2.05, 4.69) is 15.9 Å². The maximum absolute atomic E-state index is 12.3. The van der Waals surface area contributed by atoms with E-state index in [1.54, 1.807) is 20.8 Å². The molecular weight excluding hydrogens is 206 g/mol. The lowest BCUT2D eigenvalue weighted by atomic mass is 9.89. The highest BCUT2D eigenvalue weighted by molar-refractivity contribution is 9.10. The molecule has 0 radical (unpaired) electrons. The van der Waals surface area contributed by atoms with Gasteiger partial charge in [0.25, 0.3) is 0 Å². The van der Waals surface area contributed by atoms with Gasteiger partial charge in [-0.05, 0) is 21.3 Å². The van der Waals surface area contributed by atoms with Gasteiger partial charge in [0.2, 0.25) is 0 Å². The van der Waals surface area contributed by atoms with Crippen LogP contribution in [0.5, 0.6) is 0 Å². The topological polar surface area (TPSA) is 20.2 Å². The van der Waals surface area contributed by atoms with Crippen LogP contribution in [0.2, 0.25) is 0 Å². The van der Waals surface area contributed by atoms with Crippen LogP contribution in [0.25, 0.3) is 0 Å². The summed E-state index contributed by atoms with van der Waals surface area (Å²) in [6.07, 6.45) is -1.65. The summed E-state index contributed by atoms with van der Waals surface area (Å²) in [5, 5.41) is 8.93. The monoisotopic (exact) mass is 216 g/mol. The summed E-state index contributed by atoms with van der Waals surface area (Å²) in [6.45, 7) is 4.65. The van der Waals surface area contributed by atoms with Crippen LogP contribution in [0.3, 0.4) is 0 Å². The molecule has 0 amide bonds. The van der Waals surface area contributed by atoms with E-state index >= 15 is 0 Å². The first-order chi connectivity index (χ1) is 4.15. The Hall–Kier alpha value is 0.300. The summed E-state index contributed by atoms with van der Waals surface area (Å²) >= 11 is 2.10. The molecule has 1 nitrogen and oxygen atoms in total. The van der Waals surface area contributed by atoms with Crippen LogP contribution in [0.1, 0.15) is 20.8 Å². The minimum Gasteiger partial charge on any atom is -0.385 e. The molecular formula is C6H11BrF2O. The average Bonchev–Trinajstić information content (AvgIpc) is 1.59. The zero-order valence-electron chi connectivity index (χ0n) is 6.16. The molecule has 0 aliphatic heterocycles. The van der Waals surface area contributed by atoms with E-state index in [4.69, 9.17) is 5.11 Å². The van der Waals surface area contributed by atoms with E-state index in [0.29, 0.717) is 0 Å². The van der Waals surface area contributed by atoms with Crippen LogP contribution in [-0.4, -0.2) is 16.0 Å².